The summed E-state index contributed by atoms with van der Waals surface area (Å²) < 4.78 is 44.6. The average molecular weight is 573 g/mol. The number of aryl methyl sites for hydroxylation is 1. The molecule has 0 atom stereocenters. The second kappa shape index (κ2) is 14.7. The Morgan fingerprint density at radius 1 is 0.974 bits per heavy atom. The highest BCUT2D eigenvalue weighted by Crippen LogP contribution is 2.32. The summed E-state index contributed by atoms with van der Waals surface area (Å²) in [6, 6.07) is 19.2. The van der Waals surface area contributed by atoms with E-state index in [0.717, 1.165) is 22.2 Å². The van der Waals surface area contributed by atoms with Crippen LogP contribution in [0.3, 0.4) is 0 Å². The summed E-state index contributed by atoms with van der Waals surface area (Å²) in [5.74, 6) is 2.69. The molecule has 0 aromatic heterocycles. The van der Waals surface area contributed by atoms with Gasteiger partial charge in [-0.15, -0.1) is 0 Å². The first-order valence-corrected chi connectivity index (χ1v) is 15.3. The summed E-state index contributed by atoms with van der Waals surface area (Å²) in [6.45, 7) is 4.53. The summed E-state index contributed by atoms with van der Waals surface area (Å²) in [7, 11) is -1.20. The third-order valence-corrected chi connectivity index (χ3v) is 8.83. The number of nitrogens with zero attached hydrogens (tertiary/aromatic N) is 1. The van der Waals surface area contributed by atoms with Crippen molar-refractivity contribution >= 4 is 33.4 Å². The van der Waals surface area contributed by atoms with E-state index in [1.807, 2.05) is 19.1 Å². The summed E-state index contributed by atoms with van der Waals surface area (Å²) in [5.41, 5.74) is 2.92. The number of nitrogens with one attached hydrogen (secondary N) is 1. The summed E-state index contributed by atoms with van der Waals surface area (Å²) in [4.78, 5) is 12.9. The molecule has 0 saturated carbocycles. The van der Waals surface area contributed by atoms with Gasteiger partial charge >= 0.3 is 0 Å². The van der Waals surface area contributed by atoms with E-state index in [1.165, 1.54) is 43.5 Å². The van der Waals surface area contributed by atoms with Gasteiger partial charge in [-0.05, 0) is 73.5 Å². The molecule has 0 saturated heterocycles. The zero-order valence-electron chi connectivity index (χ0n) is 22.8. The fourth-order valence-corrected chi connectivity index (χ4v) is 6.31. The van der Waals surface area contributed by atoms with Gasteiger partial charge in [0, 0.05) is 18.4 Å². The van der Waals surface area contributed by atoms with Gasteiger partial charge in [0.1, 0.15) is 12.3 Å². The number of carbonyl (C=O) groups is 1. The lowest BCUT2D eigenvalue weighted by molar-refractivity contribution is -0.119. The molecule has 0 aliphatic rings. The zero-order chi connectivity index (χ0) is 28.3. The number of carbonyl (C=O) groups excluding carboxylic acids is 1. The van der Waals surface area contributed by atoms with Crippen molar-refractivity contribution in [3.05, 3.63) is 77.9 Å². The molecule has 0 aliphatic heterocycles. The summed E-state index contributed by atoms with van der Waals surface area (Å²) >= 11 is 1.80. The van der Waals surface area contributed by atoms with E-state index in [4.69, 9.17) is 14.2 Å². The van der Waals surface area contributed by atoms with E-state index in [0.29, 0.717) is 30.3 Å². The Morgan fingerprint density at radius 2 is 1.69 bits per heavy atom. The number of hydrogen-bond acceptors (Lipinski definition) is 7. The third kappa shape index (κ3) is 8.31. The lowest BCUT2D eigenvalue weighted by Gasteiger charge is -2.24. The molecule has 1 N–H and O–H groups in total. The number of amides is 1. The van der Waals surface area contributed by atoms with E-state index in [2.05, 4.69) is 24.4 Å². The molecule has 0 unspecified atom stereocenters. The fourth-order valence-electron chi connectivity index (χ4n) is 3.84. The minimum absolute atomic E-state index is 0.0190. The minimum Gasteiger partial charge on any atom is -0.494 e. The van der Waals surface area contributed by atoms with E-state index in [-0.39, 0.29) is 17.2 Å². The molecule has 8 nitrogen and oxygen atoms in total. The molecule has 0 bridgehead atoms. The molecule has 3 aromatic carbocycles. The number of ether oxygens (including phenoxy) is 3. The molecule has 10 heteroatoms. The first-order valence-electron chi connectivity index (χ1n) is 12.7. The largest absolute Gasteiger partial charge is 0.494 e. The van der Waals surface area contributed by atoms with E-state index in [9.17, 15) is 13.2 Å². The topological polar surface area (TPSA) is 94.2 Å². The molecule has 39 heavy (non-hydrogen) atoms. The maximum Gasteiger partial charge on any atom is 0.264 e. The molecule has 0 aliphatic carbocycles. The van der Waals surface area contributed by atoms with Crippen LogP contribution in [-0.2, 0) is 20.6 Å². The van der Waals surface area contributed by atoms with Crippen molar-refractivity contribution in [1.29, 1.82) is 0 Å². The Kier molecular flexibility index (Phi) is 11.4. The van der Waals surface area contributed by atoms with E-state index >= 15 is 0 Å². The van der Waals surface area contributed by atoms with Crippen LogP contribution in [0.1, 0.15) is 24.5 Å². The van der Waals surface area contributed by atoms with Crippen molar-refractivity contribution in [3.63, 3.8) is 0 Å². The Balaban J connectivity index is 1.69. The molecular formula is C29H36N2O6S2. The van der Waals surface area contributed by atoms with Crippen LogP contribution in [0.5, 0.6) is 17.2 Å². The summed E-state index contributed by atoms with van der Waals surface area (Å²) in [5, 5.41) is 2.86. The predicted octanol–water partition coefficient (Wildman–Crippen LogP) is 5.05. The molecule has 0 heterocycles. The van der Waals surface area contributed by atoms with Crippen molar-refractivity contribution in [2.24, 2.45) is 0 Å². The Bertz CT molecular complexity index is 1330. The minimum atomic E-state index is -4.11. The number of hydrogen-bond donors (Lipinski definition) is 1. The van der Waals surface area contributed by atoms with Crippen LogP contribution in [0.25, 0.3) is 0 Å². The van der Waals surface area contributed by atoms with Gasteiger partial charge < -0.3 is 19.5 Å². The standard InChI is InChI=1S/C29H36N2O6S2/c1-5-37-25-13-11-24(12-14-25)31(39(33,34)26-15-16-27(35-3)28(19-26)36-4)20-29(32)30-17-8-18-38-21-23-10-7-6-9-22(23)2/h6-7,9-16,19H,5,8,17-18,20-21H2,1-4H3,(H,30,32). The van der Waals surface area contributed by atoms with Crippen LogP contribution in [0.2, 0.25) is 0 Å². The third-order valence-electron chi connectivity index (χ3n) is 5.97. The normalized spacial score (nSPS) is 11.1. The number of sulfonamides is 1. The van der Waals surface area contributed by atoms with Crippen LogP contribution >= 0.6 is 11.8 Å². The smallest absolute Gasteiger partial charge is 0.264 e. The lowest BCUT2D eigenvalue weighted by atomic mass is 10.1. The average Bonchev–Trinajstić information content (AvgIpc) is 2.94. The second-order valence-corrected chi connectivity index (χ2v) is 11.6. The van der Waals surface area contributed by atoms with Crippen molar-refractivity contribution in [1.82, 2.24) is 5.32 Å². The van der Waals surface area contributed by atoms with Crippen LogP contribution in [0.15, 0.2) is 71.6 Å². The van der Waals surface area contributed by atoms with Gasteiger partial charge in [-0.1, -0.05) is 24.3 Å². The van der Waals surface area contributed by atoms with Crippen LogP contribution < -0.4 is 23.8 Å². The Morgan fingerprint density at radius 3 is 2.36 bits per heavy atom. The van der Waals surface area contributed by atoms with Crippen molar-refractivity contribution in [2.75, 3.05) is 44.0 Å². The van der Waals surface area contributed by atoms with Gasteiger partial charge in [-0.2, -0.15) is 11.8 Å². The Labute approximate surface area is 235 Å². The van der Waals surface area contributed by atoms with Gasteiger partial charge in [-0.25, -0.2) is 8.42 Å². The lowest BCUT2D eigenvalue weighted by Crippen LogP contribution is -2.41. The van der Waals surface area contributed by atoms with Gasteiger partial charge in [-0.3, -0.25) is 9.10 Å². The van der Waals surface area contributed by atoms with Gasteiger partial charge in [0.25, 0.3) is 10.0 Å². The monoisotopic (exact) mass is 572 g/mol. The van der Waals surface area contributed by atoms with Crippen LogP contribution in [-0.4, -0.2) is 54.0 Å². The van der Waals surface area contributed by atoms with Gasteiger partial charge in [0.15, 0.2) is 11.5 Å². The van der Waals surface area contributed by atoms with E-state index in [1.54, 1.807) is 36.0 Å². The highest BCUT2D eigenvalue weighted by atomic mass is 32.2. The molecule has 1 amide bonds. The fraction of sp³-hybridized carbons (Fsp3) is 0.345. The molecule has 3 rings (SSSR count). The van der Waals surface area contributed by atoms with Crippen molar-refractivity contribution < 1.29 is 27.4 Å². The molecule has 0 radical (unpaired) electrons. The first kappa shape index (κ1) is 30.2. The SMILES string of the molecule is CCOc1ccc(N(CC(=O)NCCCSCc2ccccc2C)S(=O)(=O)c2ccc(OC)c(OC)c2)cc1. The highest BCUT2D eigenvalue weighted by molar-refractivity contribution is 7.98. The zero-order valence-corrected chi connectivity index (χ0v) is 24.4. The molecule has 0 fully saturated rings. The number of anilines is 1. The maximum absolute atomic E-state index is 13.7. The van der Waals surface area contributed by atoms with E-state index < -0.39 is 15.9 Å². The maximum atomic E-state index is 13.7. The first-order chi connectivity index (χ1) is 18.8. The molecule has 210 valence electrons. The summed E-state index contributed by atoms with van der Waals surface area (Å²) in [6.07, 6.45) is 0.772. The number of thioether (sulfide) groups is 1. The highest BCUT2D eigenvalue weighted by Gasteiger charge is 2.28. The number of benzene rings is 3. The molecule has 0 spiro atoms. The molecule has 3 aromatic rings. The van der Waals surface area contributed by atoms with Gasteiger partial charge in [0.05, 0.1) is 31.4 Å². The van der Waals surface area contributed by atoms with Crippen molar-refractivity contribution in [2.45, 2.75) is 30.9 Å². The van der Waals surface area contributed by atoms with Crippen molar-refractivity contribution in [3.8, 4) is 17.2 Å². The number of rotatable bonds is 15. The molecular weight excluding hydrogens is 536 g/mol. The predicted molar refractivity (Wildman–Crippen MR) is 157 cm³/mol. The van der Waals surface area contributed by atoms with Crippen LogP contribution in [0.4, 0.5) is 5.69 Å². The van der Waals surface area contributed by atoms with Crippen LogP contribution in [0, 0.1) is 6.92 Å². The quantitative estimate of drug-likeness (QED) is 0.255. The second-order valence-electron chi connectivity index (χ2n) is 8.64. The number of methoxy groups -OCH3 is 2. The Hall–Kier alpha value is -3.37. The van der Waals surface area contributed by atoms with Gasteiger partial charge in [0.2, 0.25) is 5.91 Å².